The standard InChI is InChI=1S/C7H12N2O4/c1-4-5(2)7(6(4)3,8(10)11)9(12)13/h4-6H,1-3H3. The van der Waals surface area contributed by atoms with Gasteiger partial charge >= 0.3 is 5.66 Å². The van der Waals surface area contributed by atoms with Crippen molar-refractivity contribution in [2.75, 3.05) is 0 Å². The van der Waals surface area contributed by atoms with Crippen molar-refractivity contribution >= 4 is 0 Å². The van der Waals surface area contributed by atoms with Crippen molar-refractivity contribution in [3.63, 3.8) is 0 Å². The van der Waals surface area contributed by atoms with Crippen LogP contribution in [0.3, 0.4) is 0 Å². The van der Waals surface area contributed by atoms with Crippen LogP contribution in [-0.2, 0) is 0 Å². The molecule has 0 aromatic carbocycles. The number of nitro groups is 2. The third-order valence-corrected chi connectivity index (χ3v) is 3.50. The van der Waals surface area contributed by atoms with Crippen LogP contribution in [0.4, 0.5) is 0 Å². The molecule has 6 nitrogen and oxygen atoms in total. The Morgan fingerprint density at radius 3 is 1.46 bits per heavy atom. The van der Waals surface area contributed by atoms with Gasteiger partial charge in [-0.15, -0.1) is 0 Å². The van der Waals surface area contributed by atoms with Gasteiger partial charge in [0.2, 0.25) is 0 Å². The van der Waals surface area contributed by atoms with Crippen LogP contribution in [0.25, 0.3) is 0 Å². The molecule has 0 aliphatic heterocycles. The van der Waals surface area contributed by atoms with Crippen LogP contribution in [0, 0.1) is 38.0 Å². The van der Waals surface area contributed by atoms with Gasteiger partial charge in [0, 0.05) is 0 Å². The Kier molecular flexibility index (Phi) is 2.01. The molecule has 1 aliphatic carbocycles. The molecule has 0 saturated heterocycles. The maximum Gasteiger partial charge on any atom is 0.463 e. The average molecular weight is 188 g/mol. The topological polar surface area (TPSA) is 86.3 Å². The lowest BCUT2D eigenvalue weighted by Crippen LogP contribution is -2.68. The number of rotatable bonds is 2. The minimum atomic E-state index is -1.95. The van der Waals surface area contributed by atoms with E-state index in [-0.39, 0.29) is 5.92 Å². The zero-order chi connectivity index (χ0) is 10.4. The van der Waals surface area contributed by atoms with Gasteiger partial charge < -0.3 is 0 Å². The Morgan fingerprint density at radius 1 is 1.00 bits per heavy atom. The van der Waals surface area contributed by atoms with E-state index < -0.39 is 27.3 Å². The molecule has 0 radical (unpaired) electrons. The summed E-state index contributed by atoms with van der Waals surface area (Å²) in [4.78, 5) is 19.9. The van der Waals surface area contributed by atoms with Crippen molar-refractivity contribution in [3.05, 3.63) is 20.2 Å². The third kappa shape index (κ3) is 0.882. The summed E-state index contributed by atoms with van der Waals surface area (Å²) in [6.45, 7) is 4.94. The van der Waals surface area contributed by atoms with E-state index in [0.29, 0.717) is 0 Å². The van der Waals surface area contributed by atoms with E-state index in [0.717, 1.165) is 0 Å². The van der Waals surface area contributed by atoms with Gasteiger partial charge in [-0.05, 0) is 19.8 Å². The molecule has 0 aromatic rings. The van der Waals surface area contributed by atoms with E-state index in [9.17, 15) is 20.2 Å². The molecule has 1 fully saturated rings. The normalized spacial score (nSPS) is 36.4. The van der Waals surface area contributed by atoms with E-state index >= 15 is 0 Å². The maximum atomic E-state index is 10.7. The zero-order valence-electron chi connectivity index (χ0n) is 7.76. The summed E-state index contributed by atoms with van der Waals surface area (Å²) in [7, 11) is 0. The van der Waals surface area contributed by atoms with Crippen LogP contribution in [0.5, 0.6) is 0 Å². The summed E-state index contributed by atoms with van der Waals surface area (Å²) in [5.41, 5.74) is -1.95. The van der Waals surface area contributed by atoms with Gasteiger partial charge in [0.15, 0.2) is 0 Å². The lowest BCUT2D eigenvalue weighted by molar-refractivity contribution is -0.836. The van der Waals surface area contributed by atoms with Crippen LogP contribution in [-0.4, -0.2) is 15.5 Å². The fraction of sp³-hybridized carbons (Fsp3) is 1.00. The van der Waals surface area contributed by atoms with Gasteiger partial charge in [-0.1, -0.05) is 6.92 Å². The Bertz CT molecular complexity index is 239. The van der Waals surface area contributed by atoms with E-state index in [1.165, 1.54) is 0 Å². The van der Waals surface area contributed by atoms with Crippen molar-refractivity contribution in [2.45, 2.75) is 26.4 Å². The van der Waals surface area contributed by atoms with Crippen LogP contribution in [0.1, 0.15) is 20.8 Å². The molecule has 0 heterocycles. The molecule has 1 rings (SSSR count). The number of hydrogen-bond acceptors (Lipinski definition) is 4. The average Bonchev–Trinajstić information content (AvgIpc) is 2.03. The summed E-state index contributed by atoms with van der Waals surface area (Å²) in [6, 6.07) is 0. The van der Waals surface area contributed by atoms with Crippen molar-refractivity contribution < 1.29 is 9.85 Å². The van der Waals surface area contributed by atoms with Crippen molar-refractivity contribution in [3.8, 4) is 0 Å². The lowest BCUT2D eigenvalue weighted by Gasteiger charge is -2.43. The molecule has 74 valence electrons. The minimum absolute atomic E-state index is 0.0378. The Hall–Kier alpha value is -1.20. The summed E-state index contributed by atoms with van der Waals surface area (Å²) < 4.78 is 0. The fourth-order valence-corrected chi connectivity index (χ4v) is 2.23. The smallest absolute Gasteiger partial charge is 0.258 e. The molecule has 0 spiro atoms. The molecule has 0 N–H and O–H groups in total. The second-order valence-electron chi connectivity index (χ2n) is 3.73. The Labute approximate surface area is 75.2 Å². The van der Waals surface area contributed by atoms with E-state index in [1.54, 1.807) is 20.8 Å². The first kappa shape index (κ1) is 9.88. The monoisotopic (exact) mass is 188 g/mol. The maximum absolute atomic E-state index is 10.7. The number of hydrogen-bond donors (Lipinski definition) is 0. The van der Waals surface area contributed by atoms with Gasteiger partial charge in [0.05, 0.1) is 9.85 Å². The summed E-state index contributed by atoms with van der Waals surface area (Å²) >= 11 is 0. The minimum Gasteiger partial charge on any atom is -0.258 e. The quantitative estimate of drug-likeness (QED) is 0.369. The molecular formula is C7H12N2O4. The lowest BCUT2D eigenvalue weighted by atomic mass is 9.58. The second kappa shape index (κ2) is 2.65. The molecule has 0 bridgehead atoms. The summed E-state index contributed by atoms with van der Waals surface area (Å²) in [5, 5.41) is 21.4. The molecule has 6 heteroatoms. The van der Waals surface area contributed by atoms with Crippen LogP contribution < -0.4 is 0 Å². The summed E-state index contributed by atoms with van der Waals surface area (Å²) in [5.74, 6) is -0.948. The van der Waals surface area contributed by atoms with E-state index in [1.807, 2.05) is 0 Å². The highest BCUT2D eigenvalue weighted by atomic mass is 16.7. The molecule has 1 aliphatic rings. The van der Waals surface area contributed by atoms with Crippen LogP contribution >= 0.6 is 0 Å². The zero-order valence-corrected chi connectivity index (χ0v) is 7.76. The fourth-order valence-electron chi connectivity index (χ4n) is 2.23. The first-order valence-electron chi connectivity index (χ1n) is 4.15. The van der Waals surface area contributed by atoms with Crippen molar-refractivity contribution in [1.29, 1.82) is 0 Å². The first-order valence-corrected chi connectivity index (χ1v) is 4.15. The van der Waals surface area contributed by atoms with Gasteiger partial charge in [0.25, 0.3) is 0 Å². The highest BCUT2D eigenvalue weighted by Gasteiger charge is 2.76. The predicted octanol–water partition coefficient (Wildman–Crippen LogP) is 1.16. The van der Waals surface area contributed by atoms with Gasteiger partial charge in [-0.25, -0.2) is 0 Å². The second-order valence-corrected chi connectivity index (χ2v) is 3.73. The van der Waals surface area contributed by atoms with Crippen LogP contribution in [0.2, 0.25) is 0 Å². The molecule has 2 unspecified atom stereocenters. The van der Waals surface area contributed by atoms with E-state index in [4.69, 9.17) is 0 Å². The SMILES string of the molecule is CC1C(C)C([N+](=O)[O-])([N+](=O)[O-])C1C. The Morgan fingerprint density at radius 2 is 1.31 bits per heavy atom. The molecule has 2 atom stereocenters. The summed E-state index contributed by atoms with van der Waals surface area (Å²) in [6.07, 6.45) is 0. The molecule has 13 heavy (non-hydrogen) atoms. The van der Waals surface area contributed by atoms with Gasteiger partial charge in [0.1, 0.15) is 11.8 Å². The van der Waals surface area contributed by atoms with Gasteiger partial charge in [-0.3, -0.25) is 20.2 Å². The first-order chi connectivity index (χ1) is 5.86. The number of nitrogens with zero attached hydrogens (tertiary/aromatic N) is 2. The highest BCUT2D eigenvalue weighted by molar-refractivity contribution is 4.97. The molecule has 0 aromatic heterocycles. The van der Waals surface area contributed by atoms with Crippen LogP contribution in [0.15, 0.2) is 0 Å². The van der Waals surface area contributed by atoms with Crippen molar-refractivity contribution in [1.82, 2.24) is 0 Å². The molecule has 0 amide bonds. The van der Waals surface area contributed by atoms with E-state index in [2.05, 4.69) is 0 Å². The Balaban J connectivity index is 3.08. The van der Waals surface area contributed by atoms with Gasteiger partial charge in [-0.2, -0.15) is 0 Å². The third-order valence-electron chi connectivity index (χ3n) is 3.50. The van der Waals surface area contributed by atoms with Crippen molar-refractivity contribution in [2.24, 2.45) is 17.8 Å². The predicted molar refractivity (Wildman–Crippen MR) is 44.2 cm³/mol. The molecular weight excluding hydrogens is 176 g/mol. The molecule has 1 saturated carbocycles. The largest absolute Gasteiger partial charge is 0.463 e. The highest BCUT2D eigenvalue weighted by Crippen LogP contribution is 2.50.